The molecule has 0 bridgehead atoms. The van der Waals surface area contributed by atoms with E-state index in [1.165, 1.54) is 135 Å². The quantitative estimate of drug-likeness (QED) is 0.0261. The third-order valence-electron chi connectivity index (χ3n) is 14.2. The van der Waals surface area contributed by atoms with Crippen LogP contribution in [0.15, 0.2) is 122 Å². The molecule has 6 heteroatoms. The van der Waals surface area contributed by atoms with Gasteiger partial charge < -0.3 is 14.2 Å². The number of hydrogen-bond acceptors (Lipinski definition) is 6. The summed E-state index contributed by atoms with van der Waals surface area (Å²) in [6, 6.07) is 0. The maximum Gasteiger partial charge on any atom is 0.306 e. The normalized spacial score (nSPS) is 12.9. The van der Waals surface area contributed by atoms with Crippen molar-refractivity contribution in [2.75, 3.05) is 13.2 Å². The third-order valence-corrected chi connectivity index (χ3v) is 14.2. The summed E-state index contributed by atoms with van der Waals surface area (Å²) in [5.41, 5.74) is 0. The van der Waals surface area contributed by atoms with Crippen LogP contribution in [0, 0.1) is 0 Å². The van der Waals surface area contributed by atoms with Crippen LogP contribution < -0.4 is 0 Å². The molecule has 1 unspecified atom stereocenters. The number of esters is 3. The first-order valence-corrected chi connectivity index (χ1v) is 33.5. The standard InChI is InChI=1S/C74H124O6/c1-4-7-10-13-16-19-22-24-26-28-30-32-34-35-36-37-38-39-41-42-44-46-48-50-52-55-58-61-64-67-73(76)79-70-71(69-78-72(75)66-63-60-57-54-21-18-15-12-9-6-3)80-74(77)68-65-62-59-56-53-51-49-47-45-43-40-33-31-29-27-25-23-20-17-14-11-8-5-2/h7-8,10-11,16-17,19-20,24-27,30-33,43,45,49,51,71H,4-6,9,12-15,18,21-23,28-29,34-42,44,46-48,50,52-70H2,1-3H3/b10-7-,11-8-,19-16-,20-17-,26-24-,27-25-,32-30-,33-31-,45-43-,51-49-. The Balaban J connectivity index is 4.25. The van der Waals surface area contributed by atoms with Crippen LogP contribution in [0.4, 0.5) is 0 Å². The molecule has 0 fully saturated rings. The second-order valence-electron chi connectivity index (χ2n) is 22.0. The van der Waals surface area contributed by atoms with Crippen molar-refractivity contribution in [2.24, 2.45) is 0 Å². The maximum absolute atomic E-state index is 12.9. The highest BCUT2D eigenvalue weighted by Crippen LogP contribution is 2.17. The van der Waals surface area contributed by atoms with E-state index in [0.29, 0.717) is 19.3 Å². The van der Waals surface area contributed by atoms with Crippen LogP contribution in [0.25, 0.3) is 0 Å². The van der Waals surface area contributed by atoms with Crippen molar-refractivity contribution in [3.63, 3.8) is 0 Å². The first-order chi connectivity index (χ1) is 39.5. The highest BCUT2D eigenvalue weighted by atomic mass is 16.6. The van der Waals surface area contributed by atoms with Gasteiger partial charge in [-0.15, -0.1) is 0 Å². The van der Waals surface area contributed by atoms with Crippen LogP contribution in [0.3, 0.4) is 0 Å². The second kappa shape index (κ2) is 67.3. The average Bonchev–Trinajstić information content (AvgIpc) is 3.46. The Morgan fingerprint density at radius 2 is 0.487 bits per heavy atom. The van der Waals surface area contributed by atoms with Gasteiger partial charge in [0.2, 0.25) is 0 Å². The largest absolute Gasteiger partial charge is 0.462 e. The first kappa shape index (κ1) is 75.8. The van der Waals surface area contributed by atoms with E-state index in [-0.39, 0.29) is 31.1 Å². The molecule has 0 aromatic heterocycles. The number of allylic oxidation sites excluding steroid dienone is 20. The van der Waals surface area contributed by atoms with Crippen LogP contribution >= 0.6 is 0 Å². The Labute approximate surface area is 494 Å². The summed E-state index contributed by atoms with van der Waals surface area (Å²) in [6.07, 6.45) is 93.7. The summed E-state index contributed by atoms with van der Waals surface area (Å²) in [6.45, 7) is 6.40. The number of carbonyl (C=O) groups is 3. The first-order valence-electron chi connectivity index (χ1n) is 33.5. The van der Waals surface area contributed by atoms with Crippen molar-refractivity contribution < 1.29 is 28.6 Å². The SMILES string of the molecule is CC/C=C\C/C=C\C/C=C\C/C=C\C/C=C\C/C=C\CCCCCCC(=O)OC(COC(=O)CCCCCCCCCCCC)COC(=O)CCCCCCCCCCCCCCCCCC/C=C\C/C=C\C/C=C\C/C=C\CC. The fraction of sp³-hybridized carbons (Fsp3) is 0.689. The van der Waals surface area contributed by atoms with Crippen molar-refractivity contribution >= 4 is 17.9 Å². The average molecular weight is 1110 g/mol. The molecule has 0 amide bonds. The van der Waals surface area contributed by atoms with Crippen LogP contribution in [0.5, 0.6) is 0 Å². The molecule has 0 rings (SSSR count). The molecule has 0 heterocycles. The van der Waals surface area contributed by atoms with E-state index in [2.05, 4.69) is 142 Å². The van der Waals surface area contributed by atoms with Crippen molar-refractivity contribution in [3.8, 4) is 0 Å². The summed E-state index contributed by atoms with van der Waals surface area (Å²) in [7, 11) is 0. The highest BCUT2D eigenvalue weighted by Gasteiger charge is 2.19. The summed E-state index contributed by atoms with van der Waals surface area (Å²) >= 11 is 0. The van der Waals surface area contributed by atoms with Gasteiger partial charge in [0.1, 0.15) is 13.2 Å². The fourth-order valence-electron chi connectivity index (χ4n) is 9.26. The van der Waals surface area contributed by atoms with Crippen molar-refractivity contribution in [2.45, 2.75) is 316 Å². The zero-order valence-corrected chi connectivity index (χ0v) is 52.3. The molecule has 0 aromatic rings. The lowest BCUT2D eigenvalue weighted by Gasteiger charge is -2.18. The molecule has 0 aromatic carbocycles. The van der Waals surface area contributed by atoms with Gasteiger partial charge in [0.05, 0.1) is 0 Å². The van der Waals surface area contributed by atoms with Gasteiger partial charge in [-0.3, -0.25) is 14.4 Å². The molecule has 0 aliphatic carbocycles. The molecule has 0 radical (unpaired) electrons. The molecule has 0 saturated carbocycles. The Morgan fingerprint density at radius 1 is 0.263 bits per heavy atom. The van der Waals surface area contributed by atoms with Gasteiger partial charge in [-0.2, -0.15) is 0 Å². The molecular weight excluding hydrogens is 985 g/mol. The zero-order chi connectivity index (χ0) is 57.8. The molecule has 6 nitrogen and oxygen atoms in total. The molecule has 0 aliphatic heterocycles. The molecule has 0 aliphatic rings. The van der Waals surface area contributed by atoms with E-state index in [0.717, 1.165) is 135 Å². The molecule has 1 atom stereocenters. The predicted molar refractivity (Wildman–Crippen MR) is 348 cm³/mol. The zero-order valence-electron chi connectivity index (χ0n) is 52.3. The van der Waals surface area contributed by atoms with Gasteiger partial charge in [-0.25, -0.2) is 0 Å². The number of ether oxygens (including phenoxy) is 3. The molecule has 80 heavy (non-hydrogen) atoms. The van der Waals surface area contributed by atoms with Crippen molar-refractivity contribution in [1.29, 1.82) is 0 Å². The Morgan fingerprint density at radius 3 is 0.762 bits per heavy atom. The predicted octanol–water partition coefficient (Wildman–Crippen LogP) is 23.2. The topological polar surface area (TPSA) is 78.9 Å². The molecule has 0 spiro atoms. The summed E-state index contributed by atoms with van der Waals surface area (Å²) in [5.74, 6) is -0.905. The molecule has 0 saturated heterocycles. The minimum absolute atomic E-state index is 0.0871. The fourth-order valence-corrected chi connectivity index (χ4v) is 9.26. The number of unbranched alkanes of at least 4 members (excludes halogenated alkanes) is 29. The smallest absolute Gasteiger partial charge is 0.306 e. The van der Waals surface area contributed by atoms with Gasteiger partial charge in [0.15, 0.2) is 6.10 Å². The van der Waals surface area contributed by atoms with Gasteiger partial charge in [-0.1, -0.05) is 303 Å². The van der Waals surface area contributed by atoms with Crippen LogP contribution in [0.1, 0.15) is 310 Å². The minimum atomic E-state index is -0.793. The lowest BCUT2D eigenvalue weighted by molar-refractivity contribution is -0.167. The van der Waals surface area contributed by atoms with Crippen LogP contribution in [0.2, 0.25) is 0 Å². The number of hydrogen-bond donors (Lipinski definition) is 0. The maximum atomic E-state index is 12.9. The van der Waals surface area contributed by atoms with Gasteiger partial charge >= 0.3 is 17.9 Å². The Kier molecular flexibility index (Phi) is 63.8. The van der Waals surface area contributed by atoms with Gasteiger partial charge in [-0.05, 0) is 109 Å². The summed E-state index contributed by atoms with van der Waals surface area (Å²) in [5, 5.41) is 0. The van der Waals surface area contributed by atoms with E-state index < -0.39 is 6.10 Å². The Bertz CT molecular complexity index is 1650. The number of rotatable bonds is 60. The van der Waals surface area contributed by atoms with E-state index in [1.807, 2.05) is 0 Å². The van der Waals surface area contributed by atoms with E-state index in [4.69, 9.17) is 14.2 Å². The lowest BCUT2D eigenvalue weighted by Crippen LogP contribution is -2.30. The van der Waals surface area contributed by atoms with Crippen LogP contribution in [-0.4, -0.2) is 37.2 Å². The van der Waals surface area contributed by atoms with Crippen molar-refractivity contribution in [3.05, 3.63) is 122 Å². The van der Waals surface area contributed by atoms with E-state index >= 15 is 0 Å². The second-order valence-corrected chi connectivity index (χ2v) is 22.0. The van der Waals surface area contributed by atoms with Crippen LogP contribution in [-0.2, 0) is 28.6 Å². The molecule has 0 N–H and O–H groups in total. The lowest BCUT2D eigenvalue weighted by atomic mass is 10.0. The van der Waals surface area contributed by atoms with Crippen molar-refractivity contribution in [1.82, 2.24) is 0 Å². The number of carbonyl (C=O) groups excluding carboxylic acids is 3. The summed E-state index contributed by atoms with van der Waals surface area (Å²) in [4.78, 5) is 38.3. The molecule has 456 valence electrons. The minimum Gasteiger partial charge on any atom is -0.462 e. The monoisotopic (exact) mass is 1110 g/mol. The van der Waals surface area contributed by atoms with Gasteiger partial charge in [0, 0.05) is 19.3 Å². The van der Waals surface area contributed by atoms with Gasteiger partial charge in [0.25, 0.3) is 0 Å². The van der Waals surface area contributed by atoms with E-state index in [9.17, 15) is 14.4 Å². The molecular formula is C74H124O6. The highest BCUT2D eigenvalue weighted by molar-refractivity contribution is 5.71. The Hall–Kier alpha value is -4.19. The van der Waals surface area contributed by atoms with E-state index in [1.54, 1.807) is 0 Å². The summed E-state index contributed by atoms with van der Waals surface area (Å²) < 4.78 is 16.9. The third kappa shape index (κ3) is 64.6.